The molecule has 0 aliphatic heterocycles. The lowest BCUT2D eigenvalue weighted by molar-refractivity contribution is 0.0939. The van der Waals surface area contributed by atoms with Crippen LogP contribution in [0.25, 0.3) is 0 Å². The van der Waals surface area contributed by atoms with Gasteiger partial charge in [-0.15, -0.1) is 11.8 Å². The molecule has 0 fully saturated rings. The van der Waals surface area contributed by atoms with Gasteiger partial charge in [0.1, 0.15) is 6.26 Å². The summed E-state index contributed by atoms with van der Waals surface area (Å²) in [4.78, 5) is 13.1. The number of hydrogen-bond acceptors (Lipinski definition) is 3. The van der Waals surface area contributed by atoms with Gasteiger partial charge in [0.25, 0.3) is 5.91 Å². The number of benzene rings is 1. The molecule has 94 valence electrons. The summed E-state index contributed by atoms with van der Waals surface area (Å²) >= 11 is 1.70. The molecule has 0 saturated heterocycles. The maximum absolute atomic E-state index is 11.8. The summed E-state index contributed by atoms with van der Waals surface area (Å²) in [5, 5.41) is 2.93. The summed E-state index contributed by atoms with van der Waals surface area (Å²) in [5.41, 5.74) is 1.63. The molecule has 2 aromatic rings. The third-order valence-electron chi connectivity index (χ3n) is 2.75. The van der Waals surface area contributed by atoms with Crippen LogP contribution in [0.2, 0.25) is 0 Å². The van der Waals surface area contributed by atoms with Gasteiger partial charge in [-0.25, -0.2) is 0 Å². The monoisotopic (exact) mass is 261 g/mol. The fourth-order valence-electron chi connectivity index (χ4n) is 1.65. The average Bonchev–Trinajstić information content (AvgIpc) is 2.92. The van der Waals surface area contributed by atoms with Crippen LogP contribution in [0.4, 0.5) is 0 Å². The maximum Gasteiger partial charge on any atom is 0.255 e. The molecular weight excluding hydrogens is 246 g/mol. The highest BCUT2D eigenvalue weighted by atomic mass is 32.2. The number of furan rings is 1. The van der Waals surface area contributed by atoms with Gasteiger partial charge in [0, 0.05) is 4.90 Å². The zero-order valence-electron chi connectivity index (χ0n) is 10.3. The molecule has 1 aromatic heterocycles. The first kappa shape index (κ1) is 12.8. The highest BCUT2D eigenvalue weighted by Gasteiger charge is 2.12. The van der Waals surface area contributed by atoms with Gasteiger partial charge in [-0.1, -0.05) is 12.1 Å². The molecule has 1 amide bonds. The summed E-state index contributed by atoms with van der Waals surface area (Å²) in [5.74, 6) is -0.120. The van der Waals surface area contributed by atoms with E-state index in [0.717, 1.165) is 5.56 Å². The predicted octanol–water partition coefficient (Wildman–Crippen LogP) is 3.49. The van der Waals surface area contributed by atoms with Gasteiger partial charge < -0.3 is 9.73 Å². The van der Waals surface area contributed by atoms with Crippen LogP contribution in [-0.4, -0.2) is 12.2 Å². The van der Waals surface area contributed by atoms with Gasteiger partial charge in [0.2, 0.25) is 0 Å². The second kappa shape index (κ2) is 5.78. The predicted molar refractivity (Wildman–Crippen MR) is 72.8 cm³/mol. The van der Waals surface area contributed by atoms with Crippen LogP contribution < -0.4 is 5.32 Å². The highest BCUT2D eigenvalue weighted by Crippen LogP contribution is 2.19. The molecule has 0 unspecified atom stereocenters. The molecule has 0 saturated carbocycles. The fraction of sp³-hybridized carbons (Fsp3) is 0.214. The van der Waals surface area contributed by atoms with Crippen molar-refractivity contribution in [2.24, 2.45) is 0 Å². The molecule has 1 atom stereocenters. The van der Waals surface area contributed by atoms with E-state index in [1.807, 2.05) is 25.3 Å². The Hall–Kier alpha value is -1.68. The molecule has 1 heterocycles. The maximum atomic E-state index is 11.8. The molecule has 18 heavy (non-hydrogen) atoms. The minimum atomic E-state index is -0.120. The third kappa shape index (κ3) is 2.96. The Morgan fingerprint density at radius 1 is 1.28 bits per heavy atom. The van der Waals surface area contributed by atoms with E-state index < -0.39 is 0 Å². The number of rotatable bonds is 4. The molecule has 0 aliphatic carbocycles. The van der Waals surface area contributed by atoms with Gasteiger partial charge in [-0.2, -0.15) is 0 Å². The van der Waals surface area contributed by atoms with E-state index in [-0.39, 0.29) is 11.9 Å². The Morgan fingerprint density at radius 2 is 2.00 bits per heavy atom. The van der Waals surface area contributed by atoms with E-state index in [0.29, 0.717) is 5.56 Å². The summed E-state index contributed by atoms with van der Waals surface area (Å²) in [6, 6.07) is 9.81. The van der Waals surface area contributed by atoms with Crippen LogP contribution in [0.1, 0.15) is 28.9 Å². The smallest absolute Gasteiger partial charge is 0.255 e. The molecule has 0 spiro atoms. The number of amides is 1. The largest absolute Gasteiger partial charge is 0.472 e. The van der Waals surface area contributed by atoms with Crippen molar-refractivity contribution in [2.75, 3.05) is 6.26 Å². The van der Waals surface area contributed by atoms with Crippen LogP contribution in [0.3, 0.4) is 0 Å². The van der Waals surface area contributed by atoms with Crippen molar-refractivity contribution in [1.82, 2.24) is 5.32 Å². The summed E-state index contributed by atoms with van der Waals surface area (Å²) in [6.07, 6.45) is 4.98. The number of carbonyl (C=O) groups is 1. The van der Waals surface area contributed by atoms with Crippen molar-refractivity contribution in [1.29, 1.82) is 0 Å². The molecular formula is C14H15NO2S. The average molecular weight is 261 g/mol. The number of nitrogens with one attached hydrogen (secondary N) is 1. The summed E-state index contributed by atoms with van der Waals surface area (Å²) in [7, 11) is 0. The van der Waals surface area contributed by atoms with Gasteiger partial charge in [0.15, 0.2) is 0 Å². The first-order valence-electron chi connectivity index (χ1n) is 5.67. The summed E-state index contributed by atoms with van der Waals surface area (Å²) in [6.45, 7) is 1.96. The quantitative estimate of drug-likeness (QED) is 0.857. The molecule has 0 bridgehead atoms. The van der Waals surface area contributed by atoms with Gasteiger partial charge in [-0.05, 0) is 36.9 Å². The Morgan fingerprint density at radius 3 is 2.56 bits per heavy atom. The molecule has 2 rings (SSSR count). The lowest BCUT2D eigenvalue weighted by Crippen LogP contribution is -2.26. The minimum Gasteiger partial charge on any atom is -0.472 e. The molecule has 0 radical (unpaired) electrons. The zero-order chi connectivity index (χ0) is 13.0. The highest BCUT2D eigenvalue weighted by molar-refractivity contribution is 7.98. The Balaban J connectivity index is 2.02. The van der Waals surface area contributed by atoms with Gasteiger partial charge in [-0.3, -0.25) is 4.79 Å². The fourth-order valence-corrected chi connectivity index (χ4v) is 2.06. The Bertz CT molecular complexity index is 505. The van der Waals surface area contributed by atoms with E-state index in [4.69, 9.17) is 4.42 Å². The van der Waals surface area contributed by atoms with E-state index in [9.17, 15) is 4.79 Å². The zero-order valence-corrected chi connectivity index (χ0v) is 11.2. The van der Waals surface area contributed by atoms with Crippen molar-refractivity contribution in [3.05, 3.63) is 54.0 Å². The molecule has 0 aliphatic rings. The van der Waals surface area contributed by atoms with E-state index in [1.165, 1.54) is 17.4 Å². The van der Waals surface area contributed by atoms with Crippen LogP contribution in [0.15, 0.2) is 52.2 Å². The van der Waals surface area contributed by atoms with Gasteiger partial charge >= 0.3 is 0 Å². The Labute approximate surface area is 111 Å². The van der Waals surface area contributed by atoms with E-state index in [2.05, 4.69) is 17.4 Å². The first-order valence-corrected chi connectivity index (χ1v) is 6.90. The summed E-state index contributed by atoms with van der Waals surface area (Å²) < 4.78 is 4.89. The SMILES string of the molecule is CSc1ccc([C@@H](C)NC(=O)c2ccoc2)cc1. The first-order chi connectivity index (χ1) is 8.70. The third-order valence-corrected chi connectivity index (χ3v) is 3.49. The molecule has 1 N–H and O–H groups in total. The minimum absolute atomic E-state index is 0.0247. The topological polar surface area (TPSA) is 42.2 Å². The van der Waals surface area contributed by atoms with Crippen molar-refractivity contribution >= 4 is 17.7 Å². The van der Waals surface area contributed by atoms with Crippen molar-refractivity contribution in [2.45, 2.75) is 17.9 Å². The van der Waals surface area contributed by atoms with Crippen molar-refractivity contribution < 1.29 is 9.21 Å². The van der Waals surface area contributed by atoms with Crippen LogP contribution in [0, 0.1) is 0 Å². The molecule has 4 heteroatoms. The van der Waals surface area contributed by atoms with Crippen LogP contribution in [0.5, 0.6) is 0 Å². The van der Waals surface area contributed by atoms with E-state index >= 15 is 0 Å². The number of thioether (sulfide) groups is 1. The lowest BCUT2D eigenvalue weighted by Gasteiger charge is -2.14. The Kier molecular flexibility index (Phi) is 4.10. The molecule has 1 aromatic carbocycles. The standard InChI is InChI=1S/C14H15NO2S/c1-10(11-3-5-13(18-2)6-4-11)15-14(16)12-7-8-17-9-12/h3-10H,1-2H3,(H,15,16)/t10-/m1/s1. The normalized spacial score (nSPS) is 12.1. The lowest BCUT2D eigenvalue weighted by atomic mass is 10.1. The number of hydrogen-bond donors (Lipinski definition) is 1. The second-order valence-electron chi connectivity index (χ2n) is 3.98. The second-order valence-corrected chi connectivity index (χ2v) is 4.86. The van der Waals surface area contributed by atoms with E-state index in [1.54, 1.807) is 17.8 Å². The van der Waals surface area contributed by atoms with Crippen molar-refractivity contribution in [3.63, 3.8) is 0 Å². The molecule has 3 nitrogen and oxygen atoms in total. The van der Waals surface area contributed by atoms with Gasteiger partial charge in [0.05, 0.1) is 17.9 Å². The van der Waals surface area contributed by atoms with Crippen LogP contribution in [-0.2, 0) is 0 Å². The number of carbonyl (C=O) groups excluding carboxylic acids is 1. The van der Waals surface area contributed by atoms with Crippen LogP contribution >= 0.6 is 11.8 Å². The van der Waals surface area contributed by atoms with Crippen molar-refractivity contribution in [3.8, 4) is 0 Å².